The van der Waals surface area contributed by atoms with Crippen molar-refractivity contribution in [1.29, 1.82) is 0 Å². The van der Waals surface area contributed by atoms with Gasteiger partial charge in [0.05, 0.1) is 5.41 Å². The van der Waals surface area contributed by atoms with E-state index < -0.39 is 0 Å². The highest BCUT2D eigenvalue weighted by atomic mass is 16.2. The molecule has 1 heterocycles. The van der Waals surface area contributed by atoms with Gasteiger partial charge in [0, 0.05) is 38.0 Å². The van der Waals surface area contributed by atoms with Crippen molar-refractivity contribution >= 4 is 11.7 Å². The first-order chi connectivity index (χ1) is 17.8. The summed E-state index contributed by atoms with van der Waals surface area (Å²) in [5, 5.41) is 3.45. The molecule has 0 spiro atoms. The van der Waals surface area contributed by atoms with E-state index in [4.69, 9.17) is 0 Å². The Balaban J connectivity index is 1.42. The van der Waals surface area contributed by atoms with E-state index in [1.54, 1.807) is 5.57 Å². The third-order valence-corrected chi connectivity index (χ3v) is 14.6. The van der Waals surface area contributed by atoms with Gasteiger partial charge in [0.2, 0.25) is 5.91 Å². The summed E-state index contributed by atoms with van der Waals surface area (Å²) >= 11 is 0. The first kappa shape index (κ1) is 27.0. The molecule has 0 bridgehead atoms. The Bertz CT molecular complexity index is 1040. The third-order valence-electron chi connectivity index (χ3n) is 14.6. The van der Waals surface area contributed by atoms with E-state index in [0.29, 0.717) is 41.3 Å². The van der Waals surface area contributed by atoms with E-state index >= 15 is 0 Å². The molecule has 0 radical (unpaired) electrons. The van der Waals surface area contributed by atoms with Crippen molar-refractivity contribution in [1.82, 2.24) is 10.2 Å². The lowest BCUT2D eigenvalue weighted by molar-refractivity contribution is -0.189. The number of Topliss-reactive ketones (excluding diaryl/α,β-unsaturated/α-hetero) is 1. The quantitative estimate of drug-likeness (QED) is 0.393. The average Bonchev–Trinajstić information content (AvgIpc) is 2.89. The fourth-order valence-corrected chi connectivity index (χ4v) is 11.8. The van der Waals surface area contributed by atoms with Crippen molar-refractivity contribution in [2.75, 3.05) is 26.2 Å². The molecule has 6 aliphatic rings. The number of carbonyl (C=O) groups is 2. The van der Waals surface area contributed by atoms with E-state index in [1.807, 2.05) is 0 Å². The summed E-state index contributed by atoms with van der Waals surface area (Å²) < 4.78 is 0. The van der Waals surface area contributed by atoms with Gasteiger partial charge >= 0.3 is 0 Å². The van der Waals surface area contributed by atoms with Crippen molar-refractivity contribution in [3.8, 4) is 0 Å². The van der Waals surface area contributed by atoms with Gasteiger partial charge in [0.1, 0.15) is 5.78 Å². The van der Waals surface area contributed by atoms with E-state index in [1.165, 1.54) is 19.3 Å². The molecule has 1 aliphatic heterocycles. The van der Waals surface area contributed by atoms with Crippen molar-refractivity contribution in [3.63, 3.8) is 0 Å². The lowest BCUT2D eigenvalue weighted by Gasteiger charge is -2.71. The number of hydrogen-bond donors (Lipinski definition) is 1. The molecule has 0 aromatic heterocycles. The summed E-state index contributed by atoms with van der Waals surface area (Å²) in [6.07, 6.45) is 12.5. The fourth-order valence-electron chi connectivity index (χ4n) is 11.8. The van der Waals surface area contributed by atoms with Crippen LogP contribution in [0.15, 0.2) is 11.6 Å². The van der Waals surface area contributed by atoms with Crippen molar-refractivity contribution in [2.24, 2.45) is 56.7 Å². The maximum absolute atomic E-state index is 14.5. The van der Waals surface area contributed by atoms with Crippen LogP contribution in [0.4, 0.5) is 0 Å². The van der Waals surface area contributed by atoms with Crippen LogP contribution in [-0.2, 0) is 9.59 Å². The summed E-state index contributed by atoms with van der Waals surface area (Å²) in [5.74, 6) is 3.64. The maximum atomic E-state index is 14.5. The Kier molecular flexibility index (Phi) is 6.17. The van der Waals surface area contributed by atoms with Crippen LogP contribution in [0.1, 0.15) is 106 Å². The predicted octanol–water partition coefficient (Wildman–Crippen LogP) is 6.64. The number of carbonyl (C=O) groups excluding carboxylic acids is 2. The molecule has 0 aromatic rings. The van der Waals surface area contributed by atoms with Crippen LogP contribution >= 0.6 is 0 Å². The van der Waals surface area contributed by atoms with Crippen molar-refractivity contribution in [3.05, 3.63) is 11.6 Å². The van der Waals surface area contributed by atoms with Crippen LogP contribution in [-0.4, -0.2) is 42.8 Å². The molecule has 1 N–H and O–H groups in total. The summed E-state index contributed by atoms with van der Waals surface area (Å²) in [4.78, 5) is 29.7. The summed E-state index contributed by atoms with van der Waals surface area (Å²) in [6.45, 7) is 20.8. The second-order valence-electron chi connectivity index (χ2n) is 16.0. The van der Waals surface area contributed by atoms with Gasteiger partial charge in [-0.2, -0.15) is 0 Å². The zero-order valence-corrected chi connectivity index (χ0v) is 25.4. The van der Waals surface area contributed by atoms with Crippen LogP contribution in [0.2, 0.25) is 0 Å². The maximum Gasteiger partial charge on any atom is 0.229 e. The van der Waals surface area contributed by atoms with Gasteiger partial charge in [-0.15, -0.1) is 0 Å². The van der Waals surface area contributed by atoms with Crippen LogP contribution in [0.5, 0.6) is 0 Å². The lowest BCUT2D eigenvalue weighted by atomic mass is 9.33. The standard InChI is InChI=1S/C34H54N2O2/c1-22-10-15-34(29(38)36-20-18-35-19-21-36)17-16-32(6)24(28(34)23(22)2)8-9-26-31(5)13-12-27(37)30(3,4)25(31)11-14-33(26,32)7/h8,22-23,25-26,28,35H,9-21H2,1-7H3/t22-,23+,25+,26-,28+,31+,32-,33-,34+/m1/s1. The van der Waals surface area contributed by atoms with Gasteiger partial charge in [-0.1, -0.05) is 60.1 Å². The number of ketones is 1. The zero-order valence-electron chi connectivity index (χ0n) is 25.4. The molecule has 4 heteroatoms. The minimum atomic E-state index is -0.210. The first-order valence-corrected chi connectivity index (χ1v) is 16.1. The third kappa shape index (κ3) is 3.31. The topological polar surface area (TPSA) is 49.4 Å². The van der Waals surface area contributed by atoms with Gasteiger partial charge < -0.3 is 10.2 Å². The van der Waals surface area contributed by atoms with Crippen LogP contribution < -0.4 is 5.32 Å². The van der Waals surface area contributed by atoms with E-state index in [0.717, 1.165) is 64.7 Å². The molecule has 212 valence electrons. The molecule has 38 heavy (non-hydrogen) atoms. The summed E-state index contributed by atoms with van der Waals surface area (Å²) in [6, 6.07) is 0. The molecule has 5 aliphatic carbocycles. The normalized spacial score (nSPS) is 50.2. The van der Waals surface area contributed by atoms with Crippen molar-refractivity contribution in [2.45, 2.75) is 106 Å². The van der Waals surface area contributed by atoms with E-state index in [-0.39, 0.29) is 27.1 Å². The molecule has 5 fully saturated rings. The molecule has 6 rings (SSSR count). The number of hydrogen-bond acceptors (Lipinski definition) is 3. The Morgan fingerprint density at radius 1 is 0.921 bits per heavy atom. The Hall–Kier alpha value is -1.16. The molecular weight excluding hydrogens is 468 g/mol. The fraction of sp³-hybridized carbons (Fsp3) is 0.882. The molecule has 9 atom stereocenters. The van der Waals surface area contributed by atoms with Crippen molar-refractivity contribution < 1.29 is 9.59 Å². The van der Waals surface area contributed by atoms with Gasteiger partial charge in [-0.3, -0.25) is 9.59 Å². The van der Waals surface area contributed by atoms with Crippen LogP contribution in [0.3, 0.4) is 0 Å². The number of nitrogens with one attached hydrogen (secondary N) is 1. The Morgan fingerprint density at radius 2 is 1.63 bits per heavy atom. The first-order valence-electron chi connectivity index (χ1n) is 16.1. The number of amides is 1. The number of fused-ring (bicyclic) bond motifs is 7. The average molecular weight is 523 g/mol. The molecule has 0 unspecified atom stereocenters. The minimum absolute atomic E-state index is 0.138. The van der Waals surface area contributed by atoms with Gasteiger partial charge in [0.25, 0.3) is 0 Å². The smallest absolute Gasteiger partial charge is 0.229 e. The number of piperazine rings is 1. The van der Waals surface area contributed by atoms with Crippen LogP contribution in [0.25, 0.3) is 0 Å². The molecule has 4 saturated carbocycles. The zero-order chi connectivity index (χ0) is 27.3. The summed E-state index contributed by atoms with van der Waals surface area (Å²) in [7, 11) is 0. The molecule has 1 amide bonds. The highest BCUT2D eigenvalue weighted by Gasteiger charge is 2.69. The second kappa shape index (κ2) is 8.67. The second-order valence-corrected chi connectivity index (χ2v) is 16.0. The monoisotopic (exact) mass is 522 g/mol. The SMILES string of the molecule is C[C@H]1[C@H](C)CC[C@]2(C(=O)N3CCNCC3)CC[C@]3(C)C(=CC[C@@H]4[C@@]5(C)CCC(=O)C(C)(C)[C@@H]5CC[C@]43C)[C@H]12. The number of nitrogens with zero attached hydrogens (tertiary/aromatic N) is 1. The van der Waals surface area contributed by atoms with Gasteiger partial charge in [0.15, 0.2) is 0 Å². The van der Waals surface area contributed by atoms with Gasteiger partial charge in [-0.05, 0) is 97.2 Å². The number of allylic oxidation sites excluding steroid dienone is 2. The highest BCUT2D eigenvalue weighted by molar-refractivity contribution is 5.86. The minimum Gasteiger partial charge on any atom is -0.340 e. The Labute approximate surface area is 232 Å². The lowest BCUT2D eigenvalue weighted by Crippen LogP contribution is -2.66. The summed E-state index contributed by atoms with van der Waals surface area (Å²) in [5.41, 5.74) is 1.83. The largest absolute Gasteiger partial charge is 0.340 e. The van der Waals surface area contributed by atoms with Gasteiger partial charge in [-0.25, -0.2) is 0 Å². The molecule has 4 nitrogen and oxygen atoms in total. The van der Waals surface area contributed by atoms with E-state index in [2.05, 4.69) is 64.8 Å². The Morgan fingerprint density at radius 3 is 2.34 bits per heavy atom. The number of rotatable bonds is 1. The molecular formula is C34H54N2O2. The predicted molar refractivity (Wildman–Crippen MR) is 153 cm³/mol. The van der Waals surface area contributed by atoms with E-state index in [9.17, 15) is 9.59 Å². The highest BCUT2D eigenvalue weighted by Crippen LogP contribution is 2.75. The molecule has 1 saturated heterocycles. The van der Waals surface area contributed by atoms with Crippen LogP contribution in [0, 0.1) is 56.7 Å². The molecule has 0 aromatic carbocycles.